The number of sulfone groups is 1. The van der Waals surface area contributed by atoms with Crippen LogP contribution < -0.4 is 42.5 Å². The Balaban J connectivity index is 0.000000161. The minimum absolute atomic E-state index is 0.0290. The first-order chi connectivity index (χ1) is 37.4. The predicted octanol–water partition coefficient (Wildman–Crippen LogP) is 11.9. The van der Waals surface area contributed by atoms with Gasteiger partial charge in [0.05, 0.1) is 36.3 Å². The zero-order valence-corrected chi connectivity index (χ0v) is 48.2. The summed E-state index contributed by atoms with van der Waals surface area (Å²) >= 11 is -0.106. The molecule has 17 heteroatoms. The monoisotopic (exact) mass is 1220 g/mol. The third-order valence-corrected chi connectivity index (χ3v) is 20.7. The molecule has 1 saturated heterocycles. The molecule has 11 rings (SSSR count). The van der Waals surface area contributed by atoms with Crippen molar-refractivity contribution in [1.82, 2.24) is 19.7 Å². The van der Waals surface area contributed by atoms with Gasteiger partial charge in [0.2, 0.25) is 0 Å². The van der Waals surface area contributed by atoms with Crippen LogP contribution in [0.5, 0.6) is 0 Å². The average molecular weight is 1220 g/mol. The number of rotatable bonds is 12. The molecule has 0 radical (unpaired) electrons. The van der Waals surface area contributed by atoms with Crippen LogP contribution in [0.4, 0.5) is 20.3 Å². The molecule has 2 N–H and O–H groups in total. The Morgan fingerprint density at radius 2 is 1.04 bits per heavy atom. The standard InChI is InChI=1S/C24H28F2N6O3S.2C18H15P.2ClH.Pd/c1-14-13-35-11-10-31(14)20-12-19(28-22(29-20)17-4-6-18(27)7-5-17)24(8-9-24)36(33,34)21-15(2)30-32(16(21)3)23(25)26;2*1-4-10-16(11-5-1)19(17-12-6-2-7-13-17)18-14-8-3-9-15-18;;;/h4-7,12,14,23H,8-11,13,27H2,1-3H3;2*1-15H;2*1H;/q;;;;;+2/p-2/t14-;;;;;/m0...../s1. The second kappa shape index (κ2) is 27.3. The molecule has 3 heterocycles. The van der Waals surface area contributed by atoms with Gasteiger partial charge in [-0.1, -0.05) is 182 Å². The fourth-order valence-corrected chi connectivity index (χ4v) is 16.1. The van der Waals surface area contributed by atoms with Gasteiger partial charge in [-0.05, 0) is 106 Å². The van der Waals surface area contributed by atoms with E-state index in [4.69, 9.17) is 39.5 Å². The number of hydrogen-bond donors (Lipinski definition) is 1. The molecule has 9 aromatic rings. The summed E-state index contributed by atoms with van der Waals surface area (Å²) < 4.78 is 59.7. The number of alkyl halides is 2. The summed E-state index contributed by atoms with van der Waals surface area (Å²) in [6, 6.07) is 73.4. The van der Waals surface area contributed by atoms with Crippen molar-refractivity contribution in [3.8, 4) is 11.4 Å². The van der Waals surface area contributed by atoms with E-state index >= 15 is 0 Å². The summed E-state index contributed by atoms with van der Waals surface area (Å²) in [6.45, 7) is 3.51. The van der Waals surface area contributed by atoms with Crippen molar-refractivity contribution in [3.63, 3.8) is 0 Å². The van der Waals surface area contributed by atoms with Gasteiger partial charge >= 0.3 is 41.5 Å². The van der Waals surface area contributed by atoms with Crippen molar-refractivity contribution in [2.45, 2.75) is 55.8 Å². The van der Waals surface area contributed by atoms with Crippen LogP contribution in [0.1, 0.15) is 43.4 Å². The van der Waals surface area contributed by atoms with Gasteiger partial charge in [-0.3, -0.25) is 0 Å². The van der Waals surface area contributed by atoms with Crippen LogP contribution in [0.15, 0.2) is 217 Å². The van der Waals surface area contributed by atoms with Gasteiger partial charge in [0.1, 0.15) is 15.5 Å². The van der Waals surface area contributed by atoms with Gasteiger partial charge in [-0.15, -0.1) is 0 Å². The van der Waals surface area contributed by atoms with E-state index in [-0.39, 0.29) is 38.3 Å². The Morgan fingerprint density at radius 3 is 1.38 bits per heavy atom. The molecule has 0 amide bonds. The molecule has 1 aliphatic heterocycles. The largest absolute Gasteiger partial charge is 0.0622 e. The molecule has 1 saturated carbocycles. The third-order valence-electron chi connectivity index (χ3n) is 13.0. The molecule has 2 aliphatic rings. The van der Waals surface area contributed by atoms with E-state index in [1.807, 2.05) is 6.92 Å². The van der Waals surface area contributed by atoms with Crippen LogP contribution in [-0.4, -0.2) is 54.0 Å². The van der Waals surface area contributed by atoms with Crippen molar-refractivity contribution in [3.05, 3.63) is 229 Å². The van der Waals surface area contributed by atoms with Crippen LogP contribution in [-0.2, 0) is 35.3 Å². The van der Waals surface area contributed by atoms with E-state index in [9.17, 15) is 17.2 Å². The van der Waals surface area contributed by atoms with Crippen LogP contribution in [0.3, 0.4) is 0 Å². The number of nitrogens with two attached hydrogens (primary N) is 1. The number of benzene rings is 7. The summed E-state index contributed by atoms with van der Waals surface area (Å²) in [4.78, 5) is 11.4. The van der Waals surface area contributed by atoms with Crippen LogP contribution in [0, 0.1) is 13.8 Å². The summed E-state index contributed by atoms with van der Waals surface area (Å²) in [5.74, 6) is 0.972. The van der Waals surface area contributed by atoms with Gasteiger partial charge in [-0.2, -0.15) is 13.9 Å². The van der Waals surface area contributed by atoms with Gasteiger partial charge in [0, 0.05) is 23.9 Å². The normalized spacial score (nSPS) is 14.7. The second-order valence-electron chi connectivity index (χ2n) is 18.1. The van der Waals surface area contributed by atoms with Crippen molar-refractivity contribution in [2.24, 2.45) is 0 Å². The molecular weight excluding hydrogens is 1160 g/mol. The molecule has 0 bridgehead atoms. The van der Waals surface area contributed by atoms with E-state index in [1.54, 1.807) is 30.3 Å². The van der Waals surface area contributed by atoms with Crippen molar-refractivity contribution < 1.29 is 37.9 Å². The number of aromatic nitrogens is 4. The summed E-state index contributed by atoms with van der Waals surface area (Å²) in [6.07, 6.45) is 0.648. The van der Waals surface area contributed by atoms with E-state index < -0.39 is 37.0 Å². The maximum Gasteiger partial charge on any atom is -0.0134 e. The molecular formula is C60H58Cl2F2N6O3P2PdS. The predicted molar refractivity (Wildman–Crippen MR) is 313 cm³/mol. The number of halogens is 4. The number of morpholine rings is 1. The molecule has 1 aliphatic carbocycles. The van der Waals surface area contributed by atoms with Gasteiger partial charge < -0.3 is 15.4 Å². The molecule has 2 aromatic heterocycles. The fraction of sp³-hybridized carbons (Fsp3) is 0.183. The maximum absolute atomic E-state index is 14.0. The number of aryl methyl sites for hydroxylation is 1. The minimum Gasteiger partial charge on any atom is -0.0622 e. The van der Waals surface area contributed by atoms with E-state index in [0.29, 0.717) is 65.9 Å². The fourth-order valence-electron chi connectivity index (χ4n) is 9.20. The maximum atomic E-state index is 14.0. The number of ether oxygens (including phenoxy) is 1. The van der Waals surface area contributed by atoms with E-state index in [2.05, 4.69) is 192 Å². The number of hydrogen-bond acceptors (Lipinski definition) is 8. The molecule has 1 atom stereocenters. The van der Waals surface area contributed by atoms with E-state index in [1.165, 1.54) is 45.7 Å². The Hall–Kier alpha value is -5.70. The molecule has 2 fully saturated rings. The van der Waals surface area contributed by atoms with Crippen molar-refractivity contribution in [2.75, 3.05) is 30.4 Å². The van der Waals surface area contributed by atoms with Crippen LogP contribution >= 0.6 is 34.9 Å². The van der Waals surface area contributed by atoms with Crippen LogP contribution in [0.2, 0.25) is 0 Å². The Kier molecular flexibility index (Phi) is 20.3. The third kappa shape index (κ3) is 14.0. The zero-order chi connectivity index (χ0) is 54.4. The number of nitrogens with zero attached hydrogens (tertiary/aromatic N) is 5. The molecule has 0 unspecified atom stereocenters. The van der Waals surface area contributed by atoms with Gasteiger partial charge in [0.25, 0.3) is 0 Å². The molecule has 400 valence electrons. The zero-order valence-electron chi connectivity index (χ0n) is 42.6. The van der Waals surface area contributed by atoms with Crippen molar-refractivity contribution in [1.29, 1.82) is 0 Å². The first-order valence-corrected chi connectivity index (χ1v) is 32.9. The number of anilines is 2. The Bertz CT molecular complexity index is 3080. The topological polar surface area (TPSA) is 116 Å². The second-order valence-corrected chi connectivity index (χ2v) is 27.1. The van der Waals surface area contributed by atoms with Gasteiger partial charge in [0.15, 0.2) is 15.7 Å². The first-order valence-electron chi connectivity index (χ1n) is 24.8. The molecule has 7 aromatic carbocycles. The average Bonchev–Trinajstić information content (AvgIpc) is 4.29. The Labute approximate surface area is 469 Å². The quantitative estimate of drug-likeness (QED) is 0.0730. The summed E-state index contributed by atoms with van der Waals surface area (Å²) in [7, 11) is 4.64. The molecule has 0 spiro atoms. The summed E-state index contributed by atoms with van der Waals surface area (Å²) in [5, 5.41) is 12.2. The SMILES string of the molecule is Cc1nn(C(F)F)c(C)c1S(=O)(=O)C1(c2cc(N3CCOC[C@@H]3C)nc(-c3ccc(N)cc3)n2)CC1.[Cl][Pd][Cl].c1ccc(P(c2ccccc2)c2ccccc2)cc1.c1ccc(P(c2ccccc2)c2ccccc2)cc1. The van der Waals surface area contributed by atoms with Crippen LogP contribution in [0.25, 0.3) is 11.4 Å². The minimum atomic E-state index is -4.09. The summed E-state index contributed by atoms with van der Waals surface area (Å²) in [5.41, 5.74) is 7.44. The Morgan fingerprint density at radius 1 is 0.649 bits per heavy atom. The van der Waals surface area contributed by atoms with E-state index in [0.717, 1.165) is 0 Å². The molecule has 77 heavy (non-hydrogen) atoms. The molecule has 9 nitrogen and oxygen atoms in total. The smallest absolute Gasteiger partial charge is 0.0134 e. The van der Waals surface area contributed by atoms with Crippen molar-refractivity contribution >= 4 is 88.1 Å². The number of nitrogen functional groups attached to an aromatic ring is 1. The first kappa shape index (κ1) is 57.5. The van der Waals surface area contributed by atoms with Gasteiger partial charge in [-0.25, -0.2) is 23.1 Å².